The predicted octanol–water partition coefficient (Wildman–Crippen LogP) is 1.42. The van der Waals surface area contributed by atoms with Gasteiger partial charge in [0.25, 0.3) is 11.8 Å². The molecule has 0 aromatic heterocycles. The fourth-order valence-corrected chi connectivity index (χ4v) is 3.32. The average Bonchev–Trinajstić information content (AvgIpc) is 3.16. The normalized spacial score (nSPS) is 19.9. The van der Waals surface area contributed by atoms with Crippen molar-refractivity contribution in [2.45, 2.75) is 12.1 Å². The molecule has 0 radical (unpaired) electrons. The molecule has 4 rings (SSSR count). The van der Waals surface area contributed by atoms with E-state index in [1.54, 1.807) is 18.2 Å². The first-order valence-electron chi connectivity index (χ1n) is 8.79. The van der Waals surface area contributed by atoms with Gasteiger partial charge in [0.05, 0.1) is 13.7 Å². The van der Waals surface area contributed by atoms with E-state index < -0.39 is 23.3 Å². The van der Waals surface area contributed by atoms with Crippen LogP contribution in [-0.2, 0) is 11.3 Å². The van der Waals surface area contributed by atoms with Crippen molar-refractivity contribution in [2.75, 3.05) is 13.7 Å². The van der Waals surface area contributed by atoms with E-state index in [4.69, 9.17) is 4.74 Å². The maximum absolute atomic E-state index is 13.1. The van der Waals surface area contributed by atoms with Gasteiger partial charge in [0.15, 0.2) is 0 Å². The number of fused-ring (bicyclic) bond motifs is 1. The molecule has 0 bridgehead atoms. The molecule has 8 heteroatoms. The summed E-state index contributed by atoms with van der Waals surface area (Å²) >= 11 is 0. The second-order valence-corrected chi connectivity index (χ2v) is 6.75. The van der Waals surface area contributed by atoms with Gasteiger partial charge in [-0.1, -0.05) is 17.9 Å². The van der Waals surface area contributed by atoms with Gasteiger partial charge in [-0.2, -0.15) is 0 Å². The maximum Gasteiger partial charge on any atom is 0.323 e. The zero-order chi connectivity index (χ0) is 20.6. The quantitative estimate of drug-likeness (QED) is 0.610. The molecule has 2 aliphatic rings. The standard InChI is InChI=1S/C21H16FN3O4/c1-29-16-7-4-14-11-25(18(26)17(14)10-16)12-21(19(27)23-20(28)24-21)9-8-13-2-5-15(22)6-3-13/h2-7,10H,11-12H2,1H3,(H2,23,24,27,28)/t21-/m1/s1. The lowest BCUT2D eigenvalue weighted by Crippen LogP contribution is -2.54. The van der Waals surface area contributed by atoms with E-state index in [9.17, 15) is 18.8 Å². The Balaban J connectivity index is 1.64. The van der Waals surface area contributed by atoms with Crippen LogP contribution in [0.15, 0.2) is 42.5 Å². The lowest BCUT2D eigenvalue weighted by Gasteiger charge is -2.26. The van der Waals surface area contributed by atoms with Gasteiger partial charge in [-0.25, -0.2) is 9.18 Å². The lowest BCUT2D eigenvalue weighted by molar-refractivity contribution is -0.122. The van der Waals surface area contributed by atoms with Crippen molar-refractivity contribution in [1.82, 2.24) is 15.5 Å². The van der Waals surface area contributed by atoms with Crippen molar-refractivity contribution in [1.29, 1.82) is 0 Å². The lowest BCUT2D eigenvalue weighted by atomic mass is 9.99. The topological polar surface area (TPSA) is 87.7 Å². The van der Waals surface area contributed by atoms with Crippen molar-refractivity contribution < 1.29 is 23.5 Å². The number of amides is 4. The average molecular weight is 393 g/mol. The first-order chi connectivity index (χ1) is 13.9. The second-order valence-electron chi connectivity index (χ2n) is 6.75. The molecule has 2 aromatic carbocycles. The zero-order valence-corrected chi connectivity index (χ0v) is 15.4. The Bertz CT molecular complexity index is 1090. The molecule has 1 atom stereocenters. The molecule has 7 nitrogen and oxygen atoms in total. The number of hydrogen-bond donors (Lipinski definition) is 2. The monoisotopic (exact) mass is 393 g/mol. The first-order valence-corrected chi connectivity index (χ1v) is 8.79. The van der Waals surface area contributed by atoms with Crippen LogP contribution in [0, 0.1) is 17.7 Å². The third-order valence-corrected chi connectivity index (χ3v) is 4.83. The molecule has 4 amide bonds. The minimum atomic E-state index is -1.60. The van der Waals surface area contributed by atoms with Crippen LogP contribution in [0.2, 0.25) is 0 Å². The minimum Gasteiger partial charge on any atom is -0.497 e. The molecule has 2 heterocycles. The number of nitrogens with zero attached hydrogens (tertiary/aromatic N) is 1. The van der Waals surface area contributed by atoms with Crippen LogP contribution >= 0.6 is 0 Å². The van der Waals surface area contributed by atoms with Gasteiger partial charge in [-0.3, -0.25) is 14.9 Å². The highest BCUT2D eigenvalue weighted by molar-refractivity contribution is 6.10. The summed E-state index contributed by atoms with van der Waals surface area (Å²) in [6.45, 7) is 0.149. The minimum absolute atomic E-state index is 0.130. The Hall–Kier alpha value is -3.86. The highest BCUT2D eigenvalue weighted by Gasteiger charge is 2.48. The fourth-order valence-electron chi connectivity index (χ4n) is 3.32. The van der Waals surface area contributed by atoms with Gasteiger partial charge >= 0.3 is 6.03 Å². The van der Waals surface area contributed by atoms with Crippen LogP contribution in [0.5, 0.6) is 5.75 Å². The number of rotatable bonds is 3. The van der Waals surface area contributed by atoms with Crippen LogP contribution in [0.3, 0.4) is 0 Å². The molecule has 1 saturated heterocycles. The number of carbonyl (C=O) groups excluding carboxylic acids is 3. The molecule has 2 aromatic rings. The SMILES string of the molecule is COc1ccc2c(c1)C(=O)N(C[C@@]1(C#Cc3ccc(F)cc3)NC(=O)NC1=O)C2. The summed E-state index contributed by atoms with van der Waals surface area (Å²) in [6, 6.07) is 9.92. The van der Waals surface area contributed by atoms with E-state index in [1.165, 1.54) is 36.3 Å². The van der Waals surface area contributed by atoms with Crippen molar-refractivity contribution >= 4 is 17.8 Å². The number of imide groups is 1. The molecule has 146 valence electrons. The molecule has 0 aliphatic carbocycles. The fraction of sp³-hybridized carbons (Fsp3) is 0.190. The number of nitrogens with one attached hydrogen (secondary N) is 2. The third-order valence-electron chi connectivity index (χ3n) is 4.83. The summed E-state index contributed by atoms with van der Waals surface area (Å²) < 4.78 is 18.3. The van der Waals surface area contributed by atoms with Gasteiger partial charge in [0.1, 0.15) is 11.6 Å². The summed E-state index contributed by atoms with van der Waals surface area (Å²) in [5.74, 6) is 4.78. The van der Waals surface area contributed by atoms with E-state index in [0.29, 0.717) is 16.9 Å². The number of benzene rings is 2. The van der Waals surface area contributed by atoms with Crippen LogP contribution in [0.4, 0.5) is 9.18 Å². The predicted molar refractivity (Wildman–Crippen MR) is 100 cm³/mol. The Morgan fingerprint density at radius 1 is 1.17 bits per heavy atom. The summed E-state index contributed by atoms with van der Waals surface area (Å²) in [7, 11) is 1.51. The van der Waals surface area contributed by atoms with Gasteiger partial charge in [0, 0.05) is 17.7 Å². The number of urea groups is 1. The summed E-state index contributed by atoms with van der Waals surface area (Å²) in [4.78, 5) is 38.6. The van der Waals surface area contributed by atoms with Crippen molar-refractivity contribution in [3.8, 4) is 17.6 Å². The molecule has 2 aliphatic heterocycles. The Labute approximate surface area is 165 Å². The van der Waals surface area contributed by atoms with Crippen LogP contribution in [0.1, 0.15) is 21.5 Å². The highest BCUT2D eigenvalue weighted by atomic mass is 19.1. The summed E-state index contributed by atoms with van der Waals surface area (Å²) in [5.41, 5.74) is 0.145. The van der Waals surface area contributed by atoms with Crippen LogP contribution < -0.4 is 15.4 Å². The molecule has 1 fully saturated rings. The van der Waals surface area contributed by atoms with Crippen molar-refractivity contribution in [3.63, 3.8) is 0 Å². The Morgan fingerprint density at radius 3 is 2.59 bits per heavy atom. The number of carbonyl (C=O) groups is 3. The zero-order valence-electron chi connectivity index (χ0n) is 15.4. The van der Waals surface area contributed by atoms with Crippen molar-refractivity contribution in [3.05, 3.63) is 65.0 Å². The van der Waals surface area contributed by atoms with Gasteiger partial charge in [-0.05, 0) is 42.0 Å². The molecule has 2 N–H and O–H groups in total. The summed E-state index contributed by atoms with van der Waals surface area (Å²) in [6.07, 6.45) is 0. The maximum atomic E-state index is 13.1. The number of methoxy groups -OCH3 is 1. The highest BCUT2D eigenvalue weighted by Crippen LogP contribution is 2.28. The summed E-state index contributed by atoms with van der Waals surface area (Å²) in [5, 5.41) is 4.70. The Morgan fingerprint density at radius 2 is 1.93 bits per heavy atom. The largest absolute Gasteiger partial charge is 0.497 e. The molecular weight excluding hydrogens is 377 g/mol. The molecule has 0 unspecified atom stereocenters. The Kier molecular flexibility index (Phi) is 4.43. The number of hydrogen-bond acceptors (Lipinski definition) is 4. The van der Waals surface area contributed by atoms with Crippen LogP contribution in [-0.4, -0.2) is 41.9 Å². The molecule has 0 saturated carbocycles. The number of ether oxygens (including phenoxy) is 1. The number of halogens is 1. The third kappa shape index (κ3) is 3.38. The van der Waals surface area contributed by atoms with Gasteiger partial charge in [0.2, 0.25) is 5.54 Å². The second kappa shape index (κ2) is 6.95. The molecule has 0 spiro atoms. The first kappa shape index (κ1) is 18.5. The van der Waals surface area contributed by atoms with E-state index in [0.717, 1.165) is 5.56 Å². The van der Waals surface area contributed by atoms with Crippen LogP contribution in [0.25, 0.3) is 0 Å². The van der Waals surface area contributed by atoms with Gasteiger partial charge < -0.3 is 15.0 Å². The van der Waals surface area contributed by atoms with Gasteiger partial charge in [-0.15, -0.1) is 0 Å². The van der Waals surface area contributed by atoms with E-state index >= 15 is 0 Å². The smallest absolute Gasteiger partial charge is 0.323 e. The molecular formula is C21H16FN3O4. The van der Waals surface area contributed by atoms with E-state index in [2.05, 4.69) is 22.5 Å². The van der Waals surface area contributed by atoms with E-state index in [1.807, 2.05) is 0 Å². The van der Waals surface area contributed by atoms with Crippen molar-refractivity contribution in [2.24, 2.45) is 0 Å². The molecule has 29 heavy (non-hydrogen) atoms. The van der Waals surface area contributed by atoms with E-state index in [-0.39, 0.29) is 19.0 Å².